The van der Waals surface area contributed by atoms with Gasteiger partial charge in [-0.25, -0.2) is 0 Å². The maximum atomic E-state index is 2.25. The molecule has 126 valence electrons. The third kappa shape index (κ3) is 6.52. The molecule has 0 aliphatic heterocycles. The number of rotatable bonds is 3. The van der Waals surface area contributed by atoms with Crippen LogP contribution in [0, 0.1) is 14.9 Å². The van der Waals surface area contributed by atoms with Crippen molar-refractivity contribution < 1.29 is 17.3 Å². The van der Waals surface area contributed by atoms with Crippen molar-refractivity contribution in [2.75, 3.05) is 0 Å². The van der Waals surface area contributed by atoms with Crippen molar-refractivity contribution in [3.05, 3.63) is 106 Å². The minimum atomic E-state index is -0.446. The maximum absolute atomic E-state index is 2.25. The van der Waals surface area contributed by atoms with Gasteiger partial charge in [0.15, 0.2) is 0 Å². The Balaban J connectivity index is 0.00000117. The summed E-state index contributed by atoms with van der Waals surface area (Å²) in [5.41, 5.74) is 0. The monoisotopic (exact) mass is 616 g/mol. The third-order valence-corrected chi connectivity index (χ3v) is 5.49. The van der Waals surface area contributed by atoms with Gasteiger partial charge in [-0.05, 0) is 23.8 Å². The molecule has 23 heavy (non-hydrogen) atoms. The van der Waals surface area contributed by atoms with Crippen LogP contribution in [0.15, 0.2) is 91.0 Å². The molecule has 3 aromatic rings. The second kappa shape index (κ2) is 12.9. The van der Waals surface area contributed by atoms with Crippen molar-refractivity contribution in [2.24, 2.45) is 0 Å². The van der Waals surface area contributed by atoms with Crippen LogP contribution in [0.1, 0.15) is 0 Å². The molecule has 0 saturated heterocycles. The van der Waals surface area contributed by atoms with E-state index < -0.39 is 7.92 Å². The van der Waals surface area contributed by atoms with Gasteiger partial charge in [0.05, 0.1) is 0 Å². The Hall–Kier alpha value is -0.440. The molecule has 0 radical (unpaired) electrons. The van der Waals surface area contributed by atoms with Crippen LogP contribution >= 0.6 is 26.9 Å². The molecule has 0 aliphatic carbocycles. The zero-order valence-electron chi connectivity index (χ0n) is 13.3. The van der Waals surface area contributed by atoms with Crippen LogP contribution in [0.5, 0.6) is 0 Å². The molecular formula is C20H21AuIP-2. The quantitative estimate of drug-likeness (QED) is 0.164. The maximum Gasteiger partial charge on any atom is -0.0134 e. The summed E-state index contributed by atoms with van der Waals surface area (Å²) in [5.74, 6) is 0. The molecule has 0 aliphatic rings. The number of hydrogen-bond donors (Lipinski definition) is 0. The normalized spacial score (nSPS) is 9.04. The van der Waals surface area contributed by atoms with E-state index in [0.29, 0.717) is 0 Å². The largest absolute Gasteiger partial charge is 0.0622 e. The van der Waals surface area contributed by atoms with Crippen LogP contribution in [0.3, 0.4) is 0 Å². The topological polar surface area (TPSA) is 0 Å². The van der Waals surface area contributed by atoms with Crippen LogP contribution in [0.2, 0.25) is 0 Å². The summed E-state index contributed by atoms with van der Waals surface area (Å²) in [6.07, 6.45) is 0. The van der Waals surface area contributed by atoms with Crippen molar-refractivity contribution >= 4 is 42.9 Å². The molecule has 0 spiro atoms. The first-order valence-corrected chi connectivity index (χ1v) is 14.0. The molecule has 0 bridgehead atoms. The molecule has 3 aromatic carbocycles. The third-order valence-electron chi connectivity index (χ3n) is 3.04. The minimum Gasteiger partial charge on any atom is -0.0622 e. The molecule has 0 heterocycles. The van der Waals surface area contributed by atoms with Gasteiger partial charge >= 0.3 is 36.3 Å². The molecular weight excluding hydrogens is 595 g/mol. The number of halogens is 1. The molecule has 3 heteroatoms. The van der Waals surface area contributed by atoms with Gasteiger partial charge < -0.3 is 14.9 Å². The first-order chi connectivity index (χ1) is 10.4. The molecule has 0 unspecified atom stereocenters. The standard InChI is InChI=1S/C18H15P.2CH3.Au.HI/c1-4-10-16(11-5-1)19(17-12-6-2-7-13-17)18-14-8-3-9-15-18;;;;/h1-15H;2*1H3;;1H/q;2*-1;+1;/p-1. The van der Waals surface area contributed by atoms with Crippen molar-refractivity contribution in [3.63, 3.8) is 0 Å². The summed E-state index contributed by atoms with van der Waals surface area (Å²) in [6.45, 7) is 0. The summed E-state index contributed by atoms with van der Waals surface area (Å²) in [6, 6.07) is 32.3. The summed E-state index contributed by atoms with van der Waals surface area (Å²) in [5, 5.41) is 4.19. The van der Waals surface area contributed by atoms with Crippen LogP contribution < -0.4 is 15.9 Å². The van der Waals surface area contributed by atoms with E-state index >= 15 is 0 Å². The predicted molar refractivity (Wildman–Crippen MR) is 112 cm³/mol. The summed E-state index contributed by atoms with van der Waals surface area (Å²) in [4.78, 5) is 0. The van der Waals surface area contributed by atoms with Gasteiger partial charge in [0.25, 0.3) is 0 Å². The fourth-order valence-electron chi connectivity index (χ4n) is 2.18. The molecule has 0 aromatic heterocycles. The van der Waals surface area contributed by atoms with Gasteiger partial charge in [-0.1, -0.05) is 91.0 Å². The Morgan fingerprint density at radius 1 is 0.478 bits per heavy atom. The van der Waals surface area contributed by atoms with Gasteiger partial charge in [-0.3, -0.25) is 0 Å². The second-order valence-corrected chi connectivity index (χ2v) is 6.56. The van der Waals surface area contributed by atoms with Crippen molar-refractivity contribution in [1.29, 1.82) is 0 Å². The summed E-state index contributed by atoms with van der Waals surface area (Å²) < 4.78 is 0. The Labute approximate surface area is 164 Å². The zero-order valence-corrected chi connectivity index (χ0v) is 18.5. The van der Waals surface area contributed by atoms with Crippen molar-refractivity contribution in [1.82, 2.24) is 0 Å². The molecule has 3 rings (SSSR count). The molecule has 0 amide bonds. The second-order valence-electron chi connectivity index (χ2n) is 4.34. The van der Waals surface area contributed by atoms with Crippen LogP contribution in [0.25, 0.3) is 0 Å². The molecule has 0 nitrogen and oxygen atoms in total. The number of hydrogen-bond acceptors (Lipinski definition) is 0. The van der Waals surface area contributed by atoms with E-state index in [-0.39, 0.29) is 14.9 Å². The average Bonchev–Trinajstić information content (AvgIpc) is 2.60. The van der Waals surface area contributed by atoms with E-state index in [2.05, 4.69) is 127 Å². The van der Waals surface area contributed by atoms with Crippen LogP contribution in [-0.2, 0) is 17.3 Å². The first-order valence-electron chi connectivity index (χ1n) is 6.52. The van der Waals surface area contributed by atoms with Crippen LogP contribution in [-0.4, -0.2) is 0 Å². The summed E-state index contributed by atoms with van der Waals surface area (Å²) in [7, 11) is -0.446. The van der Waals surface area contributed by atoms with E-state index in [1.165, 1.54) is 15.9 Å². The number of benzene rings is 3. The van der Waals surface area contributed by atoms with Crippen LogP contribution in [0.4, 0.5) is 0 Å². The fourth-order valence-corrected chi connectivity index (χ4v) is 4.48. The average molecular weight is 616 g/mol. The minimum absolute atomic E-state index is 0. The molecule has 0 saturated carbocycles. The molecule has 0 atom stereocenters. The summed E-state index contributed by atoms with van der Waals surface area (Å²) >= 11 is 4.34. The smallest absolute Gasteiger partial charge is 0.0134 e. The van der Waals surface area contributed by atoms with Gasteiger partial charge in [-0.15, -0.1) is 0 Å². The van der Waals surface area contributed by atoms with Crippen molar-refractivity contribution in [3.8, 4) is 0 Å². The van der Waals surface area contributed by atoms with E-state index in [1.54, 1.807) is 0 Å². The van der Waals surface area contributed by atoms with Gasteiger partial charge in [0.1, 0.15) is 0 Å². The molecule has 0 N–H and O–H groups in total. The zero-order chi connectivity index (χ0) is 14.9. The fraction of sp³-hybridized carbons (Fsp3) is 0. The van der Waals surface area contributed by atoms with E-state index in [4.69, 9.17) is 0 Å². The Kier molecular flexibility index (Phi) is 12.7. The van der Waals surface area contributed by atoms with E-state index in [0.717, 1.165) is 0 Å². The first kappa shape index (κ1) is 22.6. The van der Waals surface area contributed by atoms with E-state index in [9.17, 15) is 0 Å². The van der Waals surface area contributed by atoms with Crippen molar-refractivity contribution in [2.45, 2.75) is 0 Å². The van der Waals surface area contributed by atoms with Gasteiger partial charge in [0.2, 0.25) is 0 Å². The van der Waals surface area contributed by atoms with E-state index in [1.807, 2.05) is 0 Å². The Morgan fingerprint density at radius 3 is 0.913 bits per heavy atom. The van der Waals surface area contributed by atoms with Gasteiger partial charge in [0, 0.05) is 0 Å². The SMILES string of the molecule is [CH3-].[CH3-].[I][Au].c1ccc(P(c2ccccc2)c2ccccc2)cc1. The Bertz CT molecular complexity index is 536. The Morgan fingerprint density at radius 2 is 0.696 bits per heavy atom. The predicted octanol–water partition coefficient (Wildman–Crippen LogP) is 5.23. The molecule has 0 fully saturated rings. The van der Waals surface area contributed by atoms with Gasteiger partial charge in [-0.2, -0.15) is 0 Å².